The summed E-state index contributed by atoms with van der Waals surface area (Å²) >= 11 is 0. The van der Waals surface area contributed by atoms with Crippen LogP contribution in [0.15, 0.2) is 23.8 Å². The van der Waals surface area contributed by atoms with Crippen molar-refractivity contribution in [2.45, 2.75) is 33.1 Å². The lowest BCUT2D eigenvalue weighted by atomic mass is 10.1. The maximum Gasteiger partial charge on any atom is 0.0193 e. The topological polar surface area (TPSA) is 3.24 Å². The third-order valence-corrected chi connectivity index (χ3v) is 2.41. The molecule has 0 amide bonds. The Balaban J connectivity index is 2.33. The Labute approximate surface area is 82.1 Å². The highest BCUT2D eigenvalue weighted by atomic mass is 15.1. The van der Waals surface area contributed by atoms with Gasteiger partial charge in [0.05, 0.1) is 0 Å². The van der Waals surface area contributed by atoms with Gasteiger partial charge in [0, 0.05) is 6.54 Å². The van der Waals surface area contributed by atoms with Crippen LogP contribution in [-0.4, -0.2) is 24.5 Å². The van der Waals surface area contributed by atoms with Gasteiger partial charge in [-0.3, -0.25) is 4.90 Å². The lowest BCUT2D eigenvalue weighted by molar-refractivity contribution is 0.246. The number of piperidine rings is 1. The van der Waals surface area contributed by atoms with E-state index in [-0.39, 0.29) is 0 Å². The van der Waals surface area contributed by atoms with Crippen LogP contribution in [0.1, 0.15) is 33.1 Å². The van der Waals surface area contributed by atoms with Crippen LogP contribution in [-0.2, 0) is 0 Å². The molecular formula is C12H21N. The molecule has 1 heterocycles. The maximum absolute atomic E-state index is 3.89. The van der Waals surface area contributed by atoms with Crippen molar-refractivity contribution in [1.29, 1.82) is 0 Å². The first kappa shape index (κ1) is 10.5. The summed E-state index contributed by atoms with van der Waals surface area (Å²) < 4.78 is 0. The highest BCUT2D eigenvalue weighted by molar-refractivity contribution is 5.18. The molecule has 0 aromatic carbocycles. The lowest BCUT2D eigenvalue weighted by Crippen LogP contribution is -2.31. The molecule has 0 N–H and O–H groups in total. The molecular weight excluding hydrogens is 158 g/mol. The summed E-state index contributed by atoms with van der Waals surface area (Å²) in [5, 5.41) is 0. The molecule has 0 aliphatic carbocycles. The first-order valence-corrected chi connectivity index (χ1v) is 5.23. The number of nitrogens with zero attached hydrogens (tertiary/aromatic N) is 1. The predicted octanol–water partition coefficient (Wildman–Crippen LogP) is 2.99. The molecule has 0 radical (unpaired) electrons. The summed E-state index contributed by atoms with van der Waals surface area (Å²) in [5.74, 6) is 0. The van der Waals surface area contributed by atoms with Crippen LogP contribution in [0.3, 0.4) is 0 Å². The van der Waals surface area contributed by atoms with E-state index in [0.29, 0.717) is 0 Å². The molecule has 74 valence electrons. The van der Waals surface area contributed by atoms with Crippen LogP contribution in [0.2, 0.25) is 0 Å². The van der Waals surface area contributed by atoms with Crippen LogP contribution in [0.4, 0.5) is 0 Å². The molecule has 1 nitrogen and oxygen atoms in total. The Morgan fingerprint density at radius 1 is 1.23 bits per heavy atom. The highest BCUT2D eigenvalue weighted by Crippen LogP contribution is 2.11. The fourth-order valence-corrected chi connectivity index (χ4v) is 1.94. The van der Waals surface area contributed by atoms with Gasteiger partial charge >= 0.3 is 0 Å². The smallest absolute Gasteiger partial charge is 0.0193 e. The summed E-state index contributed by atoms with van der Waals surface area (Å²) in [6.45, 7) is 11.8. The molecule has 0 saturated carbocycles. The van der Waals surface area contributed by atoms with Crippen molar-refractivity contribution in [3.05, 3.63) is 23.8 Å². The average Bonchev–Trinajstić information content (AvgIpc) is 2.04. The van der Waals surface area contributed by atoms with Gasteiger partial charge in [-0.15, -0.1) is 0 Å². The summed E-state index contributed by atoms with van der Waals surface area (Å²) in [4.78, 5) is 2.54. The zero-order chi connectivity index (χ0) is 9.68. The molecule has 0 bridgehead atoms. The summed E-state index contributed by atoms with van der Waals surface area (Å²) in [6.07, 6.45) is 6.36. The van der Waals surface area contributed by atoms with Gasteiger partial charge in [-0.25, -0.2) is 0 Å². The minimum absolute atomic E-state index is 1.13. The van der Waals surface area contributed by atoms with Gasteiger partial charge in [-0.05, 0) is 39.8 Å². The quantitative estimate of drug-likeness (QED) is 0.602. The second kappa shape index (κ2) is 5.23. The van der Waals surface area contributed by atoms with Crippen molar-refractivity contribution >= 4 is 0 Å². The monoisotopic (exact) mass is 179 g/mol. The van der Waals surface area contributed by atoms with E-state index in [2.05, 4.69) is 31.4 Å². The van der Waals surface area contributed by atoms with Gasteiger partial charge in [0.25, 0.3) is 0 Å². The molecule has 0 spiro atoms. The van der Waals surface area contributed by atoms with Crippen LogP contribution >= 0.6 is 0 Å². The van der Waals surface area contributed by atoms with Crippen molar-refractivity contribution in [2.24, 2.45) is 0 Å². The van der Waals surface area contributed by atoms with Crippen molar-refractivity contribution in [3.8, 4) is 0 Å². The molecule has 13 heavy (non-hydrogen) atoms. The third-order valence-electron chi connectivity index (χ3n) is 2.41. The number of hydrogen-bond donors (Lipinski definition) is 0. The molecule has 0 aromatic heterocycles. The van der Waals surface area contributed by atoms with E-state index in [0.717, 1.165) is 12.1 Å². The van der Waals surface area contributed by atoms with Crippen molar-refractivity contribution in [2.75, 3.05) is 19.6 Å². The summed E-state index contributed by atoms with van der Waals surface area (Å²) in [6, 6.07) is 0. The van der Waals surface area contributed by atoms with Crippen LogP contribution < -0.4 is 0 Å². The highest BCUT2D eigenvalue weighted by Gasteiger charge is 2.09. The standard InChI is InChI=1S/C12H21N/c1-11(2)9-12(3)10-13-7-5-4-6-8-13/h9H,1,4-8,10H2,2-3H3/b12-9+. The van der Waals surface area contributed by atoms with E-state index in [1.807, 2.05) is 0 Å². The number of rotatable bonds is 3. The first-order chi connectivity index (χ1) is 6.18. The molecule has 0 aromatic rings. The van der Waals surface area contributed by atoms with E-state index in [1.165, 1.54) is 37.9 Å². The number of likely N-dealkylation sites (tertiary alicyclic amines) is 1. The van der Waals surface area contributed by atoms with E-state index >= 15 is 0 Å². The zero-order valence-electron chi connectivity index (χ0n) is 8.97. The average molecular weight is 179 g/mol. The van der Waals surface area contributed by atoms with Crippen molar-refractivity contribution in [3.63, 3.8) is 0 Å². The molecule has 1 heteroatoms. The molecule has 0 unspecified atom stereocenters. The third kappa shape index (κ3) is 4.28. The van der Waals surface area contributed by atoms with Crippen molar-refractivity contribution in [1.82, 2.24) is 4.90 Å². The SMILES string of the molecule is C=C(C)/C=C(\C)CN1CCCCC1. The fraction of sp³-hybridized carbons (Fsp3) is 0.667. The van der Waals surface area contributed by atoms with Gasteiger partial charge in [0.15, 0.2) is 0 Å². The summed E-state index contributed by atoms with van der Waals surface area (Å²) in [5.41, 5.74) is 2.60. The van der Waals surface area contributed by atoms with Gasteiger partial charge in [-0.1, -0.05) is 30.2 Å². The minimum Gasteiger partial charge on any atom is -0.299 e. The van der Waals surface area contributed by atoms with E-state index in [1.54, 1.807) is 0 Å². The Kier molecular flexibility index (Phi) is 4.23. The van der Waals surface area contributed by atoms with Crippen molar-refractivity contribution < 1.29 is 0 Å². The van der Waals surface area contributed by atoms with Gasteiger partial charge in [0.2, 0.25) is 0 Å². The molecule has 1 rings (SSSR count). The molecule has 1 fully saturated rings. The van der Waals surface area contributed by atoms with E-state index in [4.69, 9.17) is 0 Å². The van der Waals surface area contributed by atoms with Gasteiger partial charge < -0.3 is 0 Å². The fourth-order valence-electron chi connectivity index (χ4n) is 1.94. The van der Waals surface area contributed by atoms with Crippen LogP contribution in [0, 0.1) is 0 Å². The normalized spacial score (nSPS) is 20.3. The zero-order valence-corrected chi connectivity index (χ0v) is 8.97. The van der Waals surface area contributed by atoms with Crippen LogP contribution in [0.5, 0.6) is 0 Å². The Hall–Kier alpha value is -0.560. The Morgan fingerprint density at radius 2 is 1.85 bits per heavy atom. The van der Waals surface area contributed by atoms with E-state index in [9.17, 15) is 0 Å². The Bertz CT molecular complexity index is 197. The molecule has 1 saturated heterocycles. The van der Waals surface area contributed by atoms with Crippen LogP contribution in [0.25, 0.3) is 0 Å². The largest absolute Gasteiger partial charge is 0.299 e. The maximum atomic E-state index is 3.89. The van der Waals surface area contributed by atoms with Gasteiger partial charge in [-0.2, -0.15) is 0 Å². The molecule has 1 aliphatic rings. The summed E-state index contributed by atoms with van der Waals surface area (Å²) in [7, 11) is 0. The number of allylic oxidation sites excluding steroid dienone is 2. The van der Waals surface area contributed by atoms with Gasteiger partial charge in [0.1, 0.15) is 0 Å². The first-order valence-electron chi connectivity index (χ1n) is 5.23. The second-order valence-electron chi connectivity index (χ2n) is 4.17. The number of hydrogen-bond acceptors (Lipinski definition) is 1. The molecule has 1 aliphatic heterocycles. The minimum atomic E-state index is 1.13. The predicted molar refractivity (Wildman–Crippen MR) is 58.9 cm³/mol. The Morgan fingerprint density at radius 3 is 2.38 bits per heavy atom. The molecule has 0 atom stereocenters. The van der Waals surface area contributed by atoms with E-state index < -0.39 is 0 Å². The second-order valence-corrected chi connectivity index (χ2v) is 4.17. The lowest BCUT2D eigenvalue weighted by Gasteiger charge is -2.26.